The summed E-state index contributed by atoms with van der Waals surface area (Å²) in [6, 6.07) is 2.85. The number of rotatable bonds is 5. The molecule has 26 heavy (non-hydrogen) atoms. The lowest BCUT2D eigenvalue weighted by atomic mass is 9.98. The highest BCUT2D eigenvalue weighted by Crippen LogP contribution is 2.23. The highest BCUT2D eigenvalue weighted by atomic mass is 35.5. The molecule has 2 aromatic rings. The molecule has 1 unspecified atom stereocenters. The zero-order valence-electron chi connectivity index (χ0n) is 14.7. The van der Waals surface area contributed by atoms with E-state index < -0.39 is 6.04 Å². The number of halogens is 1. The Morgan fingerprint density at radius 3 is 2.77 bits per heavy atom. The first-order valence-corrected chi connectivity index (χ1v) is 9.19. The van der Waals surface area contributed by atoms with E-state index in [0.717, 1.165) is 31.8 Å². The summed E-state index contributed by atoms with van der Waals surface area (Å²) in [5.41, 5.74) is 0. The van der Waals surface area contributed by atoms with E-state index in [-0.39, 0.29) is 24.2 Å². The number of aryl methyl sites for hydroxylation is 1. The van der Waals surface area contributed by atoms with Gasteiger partial charge in [-0.3, -0.25) is 14.9 Å². The van der Waals surface area contributed by atoms with Gasteiger partial charge in [0.05, 0.1) is 4.88 Å². The van der Waals surface area contributed by atoms with Crippen LogP contribution in [0.5, 0.6) is 0 Å². The van der Waals surface area contributed by atoms with E-state index in [0.29, 0.717) is 16.7 Å². The molecule has 1 aliphatic heterocycles. The Balaban J connectivity index is 0.00000243. The van der Waals surface area contributed by atoms with Crippen LogP contribution in [0.4, 0.5) is 5.95 Å². The van der Waals surface area contributed by atoms with Crippen molar-refractivity contribution >= 4 is 41.5 Å². The van der Waals surface area contributed by atoms with Crippen LogP contribution >= 0.6 is 23.7 Å². The lowest BCUT2D eigenvalue weighted by Gasteiger charge is -2.19. The molecular formula is C16H23ClN6O2S. The number of aromatic nitrogens is 3. The third-order valence-electron chi connectivity index (χ3n) is 4.20. The molecule has 0 aliphatic carbocycles. The number of amides is 2. The number of piperidine rings is 1. The maximum absolute atomic E-state index is 12.3. The summed E-state index contributed by atoms with van der Waals surface area (Å²) in [4.78, 5) is 29.4. The van der Waals surface area contributed by atoms with Gasteiger partial charge in [0.1, 0.15) is 6.04 Å². The average molecular weight is 399 g/mol. The molecule has 10 heteroatoms. The molecule has 1 aliphatic rings. The second kappa shape index (κ2) is 9.11. The molecule has 0 spiro atoms. The first kappa shape index (κ1) is 20.3. The van der Waals surface area contributed by atoms with Gasteiger partial charge < -0.3 is 10.6 Å². The van der Waals surface area contributed by atoms with Crippen LogP contribution in [0, 0.1) is 0 Å². The fourth-order valence-electron chi connectivity index (χ4n) is 2.73. The van der Waals surface area contributed by atoms with E-state index in [1.807, 2.05) is 5.38 Å². The normalized spacial score (nSPS) is 15.8. The maximum atomic E-state index is 12.3. The van der Waals surface area contributed by atoms with Crippen molar-refractivity contribution in [2.45, 2.75) is 31.7 Å². The Morgan fingerprint density at radius 2 is 2.12 bits per heavy atom. The molecule has 0 radical (unpaired) electrons. The number of nitrogens with one attached hydrogen (secondary N) is 3. The summed E-state index contributed by atoms with van der Waals surface area (Å²) >= 11 is 1.33. The van der Waals surface area contributed by atoms with Gasteiger partial charge in [-0.15, -0.1) is 23.7 Å². The zero-order valence-corrected chi connectivity index (χ0v) is 16.3. The number of thiophene rings is 1. The topological polar surface area (TPSA) is 101 Å². The Labute approximate surface area is 162 Å². The largest absolute Gasteiger partial charge is 0.340 e. The first-order valence-electron chi connectivity index (χ1n) is 8.31. The molecule has 0 saturated carbocycles. The molecule has 2 amide bonds. The monoisotopic (exact) mass is 398 g/mol. The zero-order chi connectivity index (χ0) is 17.8. The van der Waals surface area contributed by atoms with Crippen LogP contribution in [0.25, 0.3) is 0 Å². The maximum Gasteiger partial charge on any atom is 0.261 e. The summed E-state index contributed by atoms with van der Waals surface area (Å²) in [7, 11) is 1.75. The summed E-state index contributed by atoms with van der Waals surface area (Å²) in [6.07, 6.45) is 1.98. The van der Waals surface area contributed by atoms with Gasteiger partial charge in [0.15, 0.2) is 5.82 Å². The predicted molar refractivity (Wildman–Crippen MR) is 103 cm³/mol. The molecule has 0 bridgehead atoms. The SMILES string of the molecule is CC(NC(=O)c1cccs1)C(=O)Nc1nc(C2CCNCC2)nn1C.Cl. The van der Waals surface area contributed by atoms with E-state index in [4.69, 9.17) is 0 Å². The summed E-state index contributed by atoms with van der Waals surface area (Å²) in [5.74, 6) is 0.891. The van der Waals surface area contributed by atoms with Crippen molar-refractivity contribution in [3.05, 3.63) is 28.2 Å². The van der Waals surface area contributed by atoms with Gasteiger partial charge in [-0.2, -0.15) is 10.1 Å². The van der Waals surface area contributed by atoms with Crippen molar-refractivity contribution < 1.29 is 9.59 Å². The van der Waals surface area contributed by atoms with Crippen LogP contribution in [0.1, 0.15) is 41.2 Å². The highest BCUT2D eigenvalue weighted by molar-refractivity contribution is 7.12. The van der Waals surface area contributed by atoms with Gasteiger partial charge in [-0.25, -0.2) is 4.68 Å². The number of nitrogens with zero attached hydrogens (tertiary/aromatic N) is 3. The number of anilines is 1. The number of carbonyl (C=O) groups excluding carboxylic acids is 2. The average Bonchev–Trinajstić information content (AvgIpc) is 3.26. The molecule has 1 fully saturated rings. The van der Waals surface area contributed by atoms with Crippen LogP contribution in [0.15, 0.2) is 17.5 Å². The molecule has 3 heterocycles. The number of hydrogen-bond donors (Lipinski definition) is 3. The molecule has 1 atom stereocenters. The molecule has 3 rings (SSSR count). The molecule has 2 aromatic heterocycles. The van der Waals surface area contributed by atoms with Gasteiger partial charge in [0.2, 0.25) is 11.9 Å². The van der Waals surface area contributed by atoms with E-state index in [1.54, 1.807) is 30.8 Å². The van der Waals surface area contributed by atoms with E-state index in [9.17, 15) is 9.59 Å². The Bertz CT molecular complexity index is 742. The van der Waals surface area contributed by atoms with Crippen molar-refractivity contribution in [1.82, 2.24) is 25.4 Å². The van der Waals surface area contributed by atoms with Crippen molar-refractivity contribution in [2.75, 3.05) is 18.4 Å². The Morgan fingerprint density at radius 1 is 1.38 bits per heavy atom. The predicted octanol–water partition coefficient (Wildman–Crippen LogP) is 1.52. The van der Waals surface area contributed by atoms with Crippen LogP contribution in [-0.2, 0) is 11.8 Å². The lowest BCUT2D eigenvalue weighted by molar-refractivity contribution is -0.117. The smallest absolute Gasteiger partial charge is 0.261 e. The third kappa shape index (κ3) is 4.80. The third-order valence-corrected chi connectivity index (χ3v) is 5.07. The molecule has 0 aromatic carbocycles. The molecule has 142 valence electrons. The van der Waals surface area contributed by atoms with Gasteiger partial charge in [0, 0.05) is 13.0 Å². The molecule has 8 nitrogen and oxygen atoms in total. The Kier molecular flexibility index (Phi) is 7.13. The highest BCUT2D eigenvalue weighted by Gasteiger charge is 2.23. The number of carbonyl (C=O) groups is 2. The quantitative estimate of drug-likeness (QED) is 0.708. The molecular weight excluding hydrogens is 376 g/mol. The van der Waals surface area contributed by atoms with Crippen LogP contribution < -0.4 is 16.0 Å². The van der Waals surface area contributed by atoms with Gasteiger partial charge in [0.25, 0.3) is 5.91 Å². The molecule has 1 saturated heterocycles. The van der Waals surface area contributed by atoms with Crippen molar-refractivity contribution in [3.63, 3.8) is 0 Å². The second-order valence-corrected chi connectivity index (χ2v) is 7.05. The summed E-state index contributed by atoms with van der Waals surface area (Å²) in [6.45, 7) is 3.55. The summed E-state index contributed by atoms with van der Waals surface area (Å²) in [5, 5.41) is 15.0. The number of hydrogen-bond acceptors (Lipinski definition) is 6. The van der Waals surface area contributed by atoms with Crippen molar-refractivity contribution in [1.29, 1.82) is 0 Å². The van der Waals surface area contributed by atoms with Crippen molar-refractivity contribution in [3.8, 4) is 0 Å². The first-order chi connectivity index (χ1) is 12.0. The fraction of sp³-hybridized carbons (Fsp3) is 0.500. The van der Waals surface area contributed by atoms with E-state index in [1.165, 1.54) is 11.3 Å². The van der Waals surface area contributed by atoms with Crippen molar-refractivity contribution in [2.24, 2.45) is 7.05 Å². The summed E-state index contributed by atoms with van der Waals surface area (Å²) < 4.78 is 1.57. The van der Waals surface area contributed by atoms with Gasteiger partial charge in [-0.05, 0) is 44.3 Å². The standard InChI is InChI=1S/C16H22N6O2S.ClH/c1-10(18-15(24)12-4-3-9-25-12)14(23)20-16-19-13(21-22(16)2)11-5-7-17-8-6-11;/h3-4,9-11,17H,5-8H2,1-2H3,(H,18,24)(H,19,20,21,23);1H. The van der Waals surface area contributed by atoms with Gasteiger partial charge >= 0.3 is 0 Å². The van der Waals surface area contributed by atoms with Crippen LogP contribution in [0.3, 0.4) is 0 Å². The van der Waals surface area contributed by atoms with E-state index in [2.05, 4.69) is 26.0 Å². The van der Waals surface area contributed by atoms with Crippen LogP contribution in [0.2, 0.25) is 0 Å². The van der Waals surface area contributed by atoms with Gasteiger partial charge in [-0.1, -0.05) is 6.07 Å². The molecule has 3 N–H and O–H groups in total. The van der Waals surface area contributed by atoms with Crippen LogP contribution in [-0.4, -0.2) is 45.7 Å². The second-order valence-electron chi connectivity index (χ2n) is 6.10. The minimum Gasteiger partial charge on any atom is -0.340 e. The van der Waals surface area contributed by atoms with E-state index >= 15 is 0 Å². The minimum absolute atomic E-state index is 0. The lowest BCUT2D eigenvalue weighted by Crippen LogP contribution is -2.41. The fourth-order valence-corrected chi connectivity index (χ4v) is 3.35. The minimum atomic E-state index is -0.673. The Hall–Kier alpha value is -1.97.